The fourth-order valence-corrected chi connectivity index (χ4v) is 12.6. The molecule has 5 atom stereocenters. The molecule has 17 nitrogen and oxygen atoms in total. The Labute approximate surface area is 556 Å². The number of aliphatic hydroxyl groups is 1. The molecule has 0 aliphatic heterocycles. The Kier molecular flexibility index (Phi) is 64.0. The first-order valence-corrected chi connectivity index (χ1v) is 40.6. The Morgan fingerprint density at radius 3 is 0.747 bits per heavy atom. The first-order chi connectivity index (χ1) is 44.0. The first kappa shape index (κ1) is 89.1. The lowest BCUT2D eigenvalue weighted by molar-refractivity contribution is -0.161. The molecule has 0 aliphatic rings. The van der Waals surface area contributed by atoms with Crippen molar-refractivity contribution in [2.75, 3.05) is 39.6 Å². The van der Waals surface area contributed by atoms with Gasteiger partial charge in [-0.25, -0.2) is 9.13 Å². The maximum Gasteiger partial charge on any atom is 0.472 e. The van der Waals surface area contributed by atoms with Crippen LogP contribution in [0.5, 0.6) is 0 Å². The molecule has 91 heavy (non-hydrogen) atoms. The lowest BCUT2D eigenvalue weighted by Crippen LogP contribution is -2.30. The average Bonchev–Trinajstić information content (AvgIpc) is 3.68. The minimum atomic E-state index is -4.95. The summed E-state index contributed by atoms with van der Waals surface area (Å²) in [4.78, 5) is 72.5. The highest BCUT2D eigenvalue weighted by Gasteiger charge is 2.30. The monoisotopic (exact) mass is 1340 g/mol. The van der Waals surface area contributed by atoms with Gasteiger partial charge in [-0.3, -0.25) is 37.3 Å². The Morgan fingerprint density at radius 1 is 0.297 bits per heavy atom. The number of phosphoric acid groups is 2. The molecule has 0 aromatic carbocycles. The van der Waals surface area contributed by atoms with Crippen LogP contribution in [0, 0.1) is 5.92 Å². The van der Waals surface area contributed by atoms with E-state index in [1.807, 2.05) is 0 Å². The van der Waals surface area contributed by atoms with Gasteiger partial charge in [0, 0.05) is 25.7 Å². The standard InChI is InChI=1S/C72H140O17P2/c1-6-9-12-15-18-21-22-23-29-32-37-41-46-51-56-70(75)83-62-68(89-72(77)58-53-48-43-38-33-30-27-25-24-26-28-31-36-39-44-49-54-65(4)5)64-87-91(80,81)85-60-66(73)59-84-90(78,79)86-63-67(88-71(76)57-52-47-42-35-20-17-14-11-8-3)61-82-69(74)55-50-45-40-34-19-16-13-10-7-2/h65-68,73H,6-64H2,1-5H3,(H,78,79)(H,80,81)/t66-,67+,68+/m0/s1. The summed E-state index contributed by atoms with van der Waals surface area (Å²) in [5.41, 5.74) is 0. The van der Waals surface area contributed by atoms with Gasteiger partial charge in [0.2, 0.25) is 0 Å². The Bertz CT molecular complexity index is 1750. The smallest absolute Gasteiger partial charge is 0.462 e. The van der Waals surface area contributed by atoms with Crippen LogP contribution in [-0.2, 0) is 65.4 Å². The number of esters is 4. The van der Waals surface area contributed by atoms with E-state index in [4.69, 9.17) is 37.0 Å². The van der Waals surface area contributed by atoms with Gasteiger partial charge in [-0.15, -0.1) is 0 Å². The Balaban J connectivity index is 5.19. The minimum Gasteiger partial charge on any atom is -0.462 e. The summed E-state index contributed by atoms with van der Waals surface area (Å²) in [7, 11) is -9.90. The number of unbranched alkanes of at least 4 members (excludes halogenated alkanes) is 44. The van der Waals surface area contributed by atoms with Crippen LogP contribution in [0.2, 0.25) is 0 Å². The molecule has 19 heteroatoms. The van der Waals surface area contributed by atoms with Crippen molar-refractivity contribution in [3.63, 3.8) is 0 Å². The zero-order valence-corrected chi connectivity index (χ0v) is 60.8. The highest BCUT2D eigenvalue weighted by Crippen LogP contribution is 2.45. The highest BCUT2D eigenvalue weighted by molar-refractivity contribution is 7.47. The molecule has 0 aromatic rings. The predicted octanol–water partition coefficient (Wildman–Crippen LogP) is 20.9. The molecule has 540 valence electrons. The average molecular weight is 1340 g/mol. The van der Waals surface area contributed by atoms with Gasteiger partial charge in [0.15, 0.2) is 12.2 Å². The lowest BCUT2D eigenvalue weighted by atomic mass is 10.0. The zero-order valence-electron chi connectivity index (χ0n) is 59.0. The van der Waals surface area contributed by atoms with Crippen molar-refractivity contribution in [3.05, 3.63) is 0 Å². The SMILES string of the molecule is CCCCCCCCCCCCCCCCC(=O)OC[C@H](COP(=O)(O)OC[C@@H](O)COP(=O)(O)OC[C@@H](COC(=O)CCCCCCCCCCC)OC(=O)CCCCCCCCCCC)OC(=O)CCCCCCCCCCCCCCCCCCC(C)C. The van der Waals surface area contributed by atoms with Crippen LogP contribution >= 0.6 is 15.6 Å². The van der Waals surface area contributed by atoms with Gasteiger partial charge in [0.25, 0.3) is 0 Å². The number of hydrogen-bond donors (Lipinski definition) is 3. The molecule has 0 fully saturated rings. The van der Waals surface area contributed by atoms with Gasteiger partial charge in [-0.05, 0) is 31.6 Å². The van der Waals surface area contributed by atoms with Crippen LogP contribution in [0.1, 0.15) is 375 Å². The van der Waals surface area contributed by atoms with Crippen LogP contribution in [0.25, 0.3) is 0 Å². The van der Waals surface area contributed by atoms with Crippen molar-refractivity contribution in [1.82, 2.24) is 0 Å². The summed E-state index contributed by atoms with van der Waals surface area (Å²) in [6.07, 6.45) is 52.7. The van der Waals surface area contributed by atoms with E-state index in [2.05, 4.69) is 34.6 Å². The molecule has 0 amide bonds. The number of hydrogen-bond acceptors (Lipinski definition) is 15. The van der Waals surface area contributed by atoms with Crippen molar-refractivity contribution >= 4 is 39.5 Å². The number of ether oxygens (including phenoxy) is 4. The number of carbonyl (C=O) groups is 4. The first-order valence-electron chi connectivity index (χ1n) is 37.6. The molecule has 0 aromatic heterocycles. The van der Waals surface area contributed by atoms with Crippen molar-refractivity contribution < 1.29 is 80.2 Å². The number of aliphatic hydroxyl groups excluding tert-OH is 1. The molecule has 0 aliphatic carbocycles. The highest BCUT2D eigenvalue weighted by atomic mass is 31.2. The van der Waals surface area contributed by atoms with Gasteiger partial charge >= 0.3 is 39.5 Å². The second kappa shape index (κ2) is 65.4. The largest absolute Gasteiger partial charge is 0.472 e. The van der Waals surface area contributed by atoms with Crippen LogP contribution in [0.15, 0.2) is 0 Å². The van der Waals surface area contributed by atoms with Gasteiger partial charge in [-0.2, -0.15) is 0 Å². The van der Waals surface area contributed by atoms with E-state index in [0.29, 0.717) is 25.7 Å². The lowest BCUT2D eigenvalue weighted by Gasteiger charge is -2.21. The van der Waals surface area contributed by atoms with E-state index >= 15 is 0 Å². The predicted molar refractivity (Wildman–Crippen MR) is 368 cm³/mol. The van der Waals surface area contributed by atoms with Crippen molar-refractivity contribution in [1.29, 1.82) is 0 Å². The summed E-state index contributed by atoms with van der Waals surface area (Å²) in [5, 5.41) is 10.6. The van der Waals surface area contributed by atoms with E-state index in [0.717, 1.165) is 95.8 Å². The normalized spacial score (nSPS) is 14.0. The van der Waals surface area contributed by atoms with E-state index < -0.39 is 97.5 Å². The maximum atomic E-state index is 13.0. The van der Waals surface area contributed by atoms with Crippen molar-refractivity contribution in [2.24, 2.45) is 5.92 Å². The fourth-order valence-electron chi connectivity index (χ4n) is 11.0. The molecule has 0 saturated heterocycles. The number of carbonyl (C=O) groups excluding carboxylic acids is 4. The molecule has 0 spiro atoms. The van der Waals surface area contributed by atoms with E-state index in [1.54, 1.807) is 0 Å². The second-order valence-corrected chi connectivity index (χ2v) is 29.4. The van der Waals surface area contributed by atoms with Gasteiger partial charge in [0.05, 0.1) is 26.4 Å². The summed E-state index contributed by atoms with van der Waals surface area (Å²) in [6, 6.07) is 0. The maximum absolute atomic E-state index is 13.0. The van der Waals surface area contributed by atoms with E-state index in [1.165, 1.54) is 199 Å². The van der Waals surface area contributed by atoms with Crippen LogP contribution in [0.4, 0.5) is 0 Å². The summed E-state index contributed by atoms with van der Waals surface area (Å²) >= 11 is 0. The molecular formula is C72H140O17P2. The third-order valence-corrected chi connectivity index (χ3v) is 18.7. The fraction of sp³-hybridized carbons (Fsp3) is 0.944. The third kappa shape index (κ3) is 66.5. The van der Waals surface area contributed by atoms with Crippen LogP contribution in [0.3, 0.4) is 0 Å². The molecular weight excluding hydrogens is 1200 g/mol. The summed E-state index contributed by atoms with van der Waals surface area (Å²) < 4.78 is 68.3. The topological polar surface area (TPSA) is 237 Å². The summed E-state index contributed by atoms with van der Waals surface area (Å²) in [6.45, 7) is 7.26. The number of phosphoric ester groups is 2. The van der Waals surface area contributed by atoms with E-state index in [9.17, 15) is 43.2 Å². The van der Waals surface area contributed by atoms with Gasteiger partial charge in [-0.1, -0.05) is 324 Å². The molecule has 0 rings (SSSR count). The molecule has 0 bridgehead atoms. The molecule has 2 unspecified atom stereocenters. The zero-order chi connectivity index (χ0) is 67.0. The van der Waals surface area contributed by atoms with Crippen molar-refractivity contribution in [2.45, 2.75) is 393 Å². The molecule has 0 heterocycles. The van der Waals surface area contributed by atoms with E-state index in [-0.39, 0.29) is 25.7 Å². The van der Waals surface area contributed by atoms with Gasteiger partial charge in [0.1, 0.15) is 19.3 Å². The molecule has 0 radical (unpaired) electrons. The summed E-state index contributed by atoms with van der Waals surface area (Å²) in [5.74, 6) is -1.31. The number of rotatable bonds is 72. The molecule has 0 saturated carbocycles. The van der Waals surface area contributed by atoms with Crippen LogP contribution < -0.4 is 0 Å². The quantitative estimate of drug-likeness (QED) is 0.0222. The second-order valence-electron chi connectivity index (χ2n) is 26.5. The third-order valence-electron chi connectivity index (χ3n) is 16.8. The van der Waals surface area contributed by atoms with Crippen molar-refractivity contribution in [3.8, 4) is 0 Å². The Hall–Kier alpha value is -1.94. The minimum absolute atomic E-state index is 0.106. The molecule has 3 N–H and O–H groups in total. The Morgan fingerprint density at radius 2 is 0.505 bits per heavy atom. The van der Waals surface area contributed by atoms with Gasteiger partial charge < -0.3 is 33.8 Å². The van der Waals surface area contributed by atoms with Crippen LogP contribution in [-0.4, -0.2) is 96.7 Å².